The average Bonchev–Trinajstić information content (AvgIpc) is 2.45. The molecule has 20 heavy (non-hydrogen) atoms. The number of methoxy groups -OCH3 is 1. The number of nitrogens with one attached hydrogen (secondary N) is 1. The van der Waals surface area contributed by atoms with E-state index in [0.717, 1.165) is 5.56 Å². The highest BCUT2D eigenvalue weighted by Crippen LogP contribution is 2.22. The summed E-state index contributed by atoms with van der Waals surface area (Å²) < 4.78 is 17.6. The molecule has 2 N–H and O–H groups in total. The molecule has 0 aliphatic heterocycles. The number of hydrogen-bond acceptors (Lipinski definition) is 3. The molecule has 0 fully saturated rings. The van der Waals surface area contributed by atoms with Crippen molar-refractivity contribution in [2.45, 2.75) is 25.3 Å². The Morgan fingerprint density at radius 2 is 1.95 bits per heavy atom. The second-order valence-electron chi connectivity index (χ2n) is 4.29. The normalized spacial score (nSPS) is 13.3. The SMILES string of the molecule is CCC(C(=O)NC(CF)C(=O)O)c1ccc(OC)cc1. The molecule has 1 aromatic rings. The third-order valence-electron chi connectivity index (χ3n) is 3.01. The molecule has 6 heteroatoms. The minimum absolute atomic E-state index is 0.483. The average molecular weight is 283 g/mol. The molecule has 5 nitrogen and oxygen atoms in total. The van der Waals surface area contributed by atoms with Gasteiger partial charge < -0.3 is 15.2 Å². The fourth-order valence-corrected chi connectivity index (χ4v) is 1.85. The number of carbonyl (C=O) groups is 2. The molecular formula is C14H18FNO4. The van der Waals surface area contributed by atoms with E-state index in [4.69, 9.17) is 9.84 Å². The monoisotopic (exact) mass is 283 g/mol. The van der Waals surface area contributed by atoms with Gasteiger partial charge in [-0.25, -0.2) is 9.18 Å². The van der Waals surface area contributed by atoms with E-state index >= 15 is 0 Å². The number of amides is 1. The van der Waals surface area contributed by atoms with Crippen molar-refractivity contribution in [1.82, 2.24) is 5.32 Å². The highest BCUT2D eigenvalue weighted by Gasteiger charge is 2.25. The van der Waals surface area contributed by atoms with E-state index < -0.39 is 30.5 Å². The van der Waals surface area contributed by atoms with Crippen molar-refractivity contribution < 1.29 is 23.8 Å². The van der Waals surface area contributed by atoms with Crippen LogP contribution in [0.3, 0.4) is 0 Å². The Morgan fingerprint density at radius 3 is 2.35 bits per heavy atom. The number of alkyl halides is 1. The van der Waals surface area contributed by atoms with Crippen LogP contribution in [0.2, 0.25) is 0 Å². The summed E-state index contributed by atoms with van der Waals surface area (Å²) in [5.74, 6) is -1.74. The second-order valence-corrected chi connectivity index (χ2v) is 4.29. The summed E-state index contributed by atoms with van der Waals surface area (Å²) in [5, 5.41) is 10.9. The Labute approximate surface area is 116 Å². The molecule has 1 amide bonds. The molecule has 110 valence electrons. The highest BCUT2D eigenvalue weighted by molar-refractivity contribution is 5.88. The van der Waals surface area contributed by atoms with Gasteiger partial charge in [0.05, 0.1) is 13.0 Å². The van der Waals surface area contributed by atoms with Crippen molar-refractivity contribution in [3.63, 3.8) is 0 Å². The molecule has 0 radical (unpaired) electrons. The van der Waals surface area contributed by atoms with Gasteiger partial charge in [-0.1, -0.05) is 19.1 Å². The Bertz CT molecular complexity index is 461. The fraction of sp³-hybridized carbons (Fsp3) is 0.429. The largest absolute Gasteiger partial charge is 0.497 e. The zero-order chi connectivity index (χ0) is 15.1. The lowest BCUT2D eigenvalue weighted by molar-refractivity contribution is -0.142. The van der Waals surface area contributed by atoms with Crippen molar-refractivity contribution >= 4 is 11.9 Å². The maximum absolute atomic E-state index is 12.5. The van der Waals surface area contributed by atoms with Crippen LogP contribution >= 0.6 is 0 Å². The minimum Gasteiger partial charge on any atom is -0.497 e. The van der Waals surface area contributed by atoms with Gasteiger partial charge in [-0.05, 0) is 24.1 Å². The number of carboxylic acid groups (broad SMARTS) is 1. The third kappa shape index (κ3) is 3.94. The molecule has 0 aromatic heterocycles. The van der Waals surface area contributed by atoms with Crippen LogP contribution in [0.25, 0.3) is 0 Å². The van der Waals surface area contributed by atoms with Crippen LogP contribution in [0.15, 0.2) is 24.3 Å². The maximum atomic E-state index is 12.5. The van der Waals surface area contributed by atoms with Crippen molar-refractivity contribution in [1.29, 1.82) is 0 Å². The van der Waals surface area contributed by atoms with Crippen molar-refractivity contribution in [2.24, 2.45) is 0 Å². The van der Waals surface area contributed by atoms with E-state index in [0.29, 0.717) is 12.2 Å². The predicted octanol–water partition coefficient (Wildman–Crippen LogP) is 1.73. The predicted molar refractivity (Wildman–Crippen MR) is 71.6 cm³/mol. The highest BCUT2D eigenvalue weighted by atomic mass is 19.1. The van der Waals surface area contributed by atoms with Crippen LogP contribution in [0.5, 0.6) is 5.75 Å². The van der Waals surface area contributed by atoms with E-state index in [2.05, 4.69) is 5.32 Å². The minimum atomic E-state index is -1.50. The van der Waals surface area contributed by atoms with Crippen molar-refractivity contribution in [3.05, 3.63) is 29.8 Å². The van der Waals surface area contributed by atoms with Gasteiger partial charge in [0.2, 0.25) is 5.91 Å². The first-order valence-corrected chi connectivity index (χ1v) is 6.26. The first-order valence-electron chi connectivity index (χ1n) is 6.26. The molecule has 2 unspecified atom stereocenters. The van der Waals surface area contributed by atoms with E-state index in [9.17, 15) is 14.0 Å². The van der Waals surface area contributed by atoms with E-state index in [-0.39, 0.29) is 0 Å². The van der Waals surface area contributed by atoms with Gasteiger partial charge in [0.25, 0.3) is 0 Å². The molecule has 1 aromatic carbocycles. The summed E-state index contributed by atoms with van der Waals surface area (Å²) in [6.07, 6.45) is 0.483. The molecule has 1 rings (SSSR count). The third-order valence-corrected chi connectivity index (χ3v) is 3.01. The first kappa shape index (κ1) is 15.9. The van der Waals surface area contributed by atoms with Crippen LogP contribution in [0.4, 0.5) is 4.39 Å². The van der Waals surface area contributed by atoms with Gasteiger partial charge >= 0.3 is 5.97 Å². The molecule has 0 heterocycles. The van der Waals surface area contributed by atoms with Gasteiger partial charge in [0.1, 0.15) is 12.4 Å². The lowest BCUT2D eigenvalue weighted by Crippen LogP contribution is -2.44. The topological polar surface area (TPSA) is 75.6 Å². The summed E-state index contributed by atoms with van der Waals surface area (Å²) >= 11 is 0. The van der Waals surface area contributed by atoms with Gasteiger partial charge in [0.15, 0.2) is 6.04 Å². The summed E-state index contributed by atoms with van der Waals surface area (Å²) in [7, 11) is 1.54. The maximum Gasteiger partial charge on any atom is 0.328 e. The second kappa shape index (κ2) is 7.47. The standard InChI is InChI=1S/C14H18FNO4/c1-3-11(9-4-6-10(20-2)7-5-9)13(17)16-12(8-15)14(18)19/h4-7,11-12H,3,8H2,1-2H3,(H,16,17)(H,18,19). The smallest absolute Gasteiger partial charge is 0.328 e. The number of hydrogen-bond donors (Lipinski definition) is 2. The molecule has 0 spiro atoms. The number of benzene rings is 1. The molecule has 0 aliphatic carbocycles. The van der Waals surface area contributed by atoms with Crippen LogP contribution < -0.4 is 10.1 Å². The molecule has 0 aliphatic rings. The molecular weight excluding hydrogens is 265 g/mol. The van der Waals surface area contributed by atoms with E-state index in [1.807, 2.05) is 0 Å². The van der Waals surface area contributed by atoms with Gasteiger partial charge in [-0.3, -0.25) is 4.79 Å². The van der Waals surface area contributed by atoms with Gasteiger partial charge in [-0.2, -0.15) is 0 Å². The summed E-state index contributed by atoms with van der Waals surface area (Å²) in [4.78, 5) is 22.8. The fourth-order valence-electron chi connectivity index (χ4n) is 1.85. The molecule has 0 saturated heterocycles. The molecule has 2 atom stereocenters. The number of carbonyl (C=O) groups excluding carboxylic acids is 1. The number of ether oxygens (including phenoxy) is 1. The Hall–Kier alpha value is -2.11. The van der Waals surface area contributed by atoms with E-state index in [1.54, 1.807) is 31.2 Å². The van der Waals surface area contributed by atoms with Crippen molar-refractivity contribution in [2.75, 3.05) is 13.8 Å². The number of rotatable bonds is 7. The van der Waals surface area contributed by atoms with Crippen LogP contribution in [-0.2, 0) is 9.59 Å². The Kier molecular flexibility index (Phi) is 5.96. The first-order chi connectivity index (χ1) is 9.53. The van der Waals surface area contributed by atoms with E-state index in [1.165, 1.54) is 7.11 Å². The Balaban J connectivity index is 2.83. The number of carboxylic acids is 1. The van der Waals surface area contributed by atoms with Gasteiger partial charge in [-0.15, -0.1) is 0 Å². The lowest BCUT2D eigenvalue weighted by Gasteiger charge is -2.18. The summed E-state index contributed by atoms with van der Waals surface area (Å²) in [5.41, 5.74) is 0.730. The number of halogens is 1. The summed E-state index contributed by atoms with van der Waals surface area (Å²) in [6, 6.07) is 5.40. The zero-order valence-corrected chi connectivity index (χ0v) is 11.4. The molecule has 0 saturated carbocycles. The quantitative estimate of drug-likeness (QED) is 0.799. The lowest BCUT2D eigenvalue weighted by atomic mass is 9.95. The Morgan fingerprint density at radius 1 is 1.35 bits per heavy atom. The number of aliphatic carboxylic acids is 1. The van der Waals surface area contributed by atoms with Crippen LogP contribution in [0, 0.1) is 0 Å². The zero-order valence-electron chi connectivity index (χ0n) is 11.4. The molecule has 0 bridgehead atoms. The summed E-state index contributed by atoms with van der Waals surface area (Å²) in [6.45, 7) is 0.666. The van der Waals surface area contributed by atoms with Crippen LogP contribution in [0.1, 0.15) is 24.8 Å². The van der Waals surface area contributed by atoms with Crippen molar-refractivity contribution in [3.8, 4) is 5.75 Å². The van der Waals surface area contributed by atoms with Crippen LogP contribution in [-0.4, -0.2) is 36.8 Å². The van der Waals surface area contributed by atoms with Gasteiger partial charge in [0, 0.05) is 0 Å².